The minimum atomic E-state index is -0.157. The summed E-state index contributed by atoms with van der Waals surface area (Å²) in [6.07, 6.45) is 4.43. The van der Waals surface area contributed by atoms with Gasteiger partial charge in [-0.1, -0.05) is 30.0 Å². The lowest BCUT2D eigenvalue weighted by atomic mass is 10.2. The second-order valence-corrected chi connectivity index (χ2v) is 6.13. The van der Waals surface area contributed by atoms with Gasteiger partial charge in [0.2, 0.25) is 0 Å². The lowest BCUT2D eigenvalue weighted by Crippen LogP contribution is -2.11. The van der Waals surface area contributed by atoms with Crippen LogP contribution < -0.4 is 0 Å². The first-order chi connectivity index (χ1) is 9.65. The molecule has 3 rings (SSSR count). The number of hydrogen-bond donors (Lipinski definition) is 0. The number of imidazole rings is 1. The molecule has 5 heteroatoms. The summed E-state index contributed by atoms with van der Waals surface area (Å²) < 4.78 is 7.22. The number of rotatable bonds is 3. The molecule has 0 unspecified atom stereocenters. The molecule has 1 aromatic carbocycles. The van der Waals surface area contributed by atoms with Crippen molar-refractivity contribution >= 4 is 17.7 Å². The number of aryl methyl sites for hydroxylation is 1. The van der Waals surface area contributed by atoms with E-state index in [1.165, 1.54) is 17.3 Å². The smallest absolute Gasteiger partial charge is 0.319 e. The number of aromatic nitrogens is 2. The Morgan fingerprint density at radius 2 is 2.20 bits per heavy atom. The summed E-state index contributed by atoms with van der Waals surface area (Å²) in [5, 5.41) is 0.672. The van der Waals surface area contributed by atoms with Crippen molar-refractivity contribution in [1.82, 2.24) is 9.55 Å². The van der Waals surface area contributed by atoms with Crippen LogP contribution in [0.15, 0.2) is 41.8 Å². The van der Waals surface area contributed by atoms with Gasteiger partial charge in [-0.25, -0.2) is 4.98 Å². The summed E-state index contributed by atoms with van der Waals surface area (Å²) in [6, 6.07) is 8.13. The zero-order chi connectivity index (χ0) is 14.1. The number of cyclic esters (lactones) is 1. The molecule has 1 aromatic heterocycles. The van der Waals surface area contributed by atoms with Crippen LogP contribution in [0.3, 0.4) is 0 Å². The first-order valence-corrected chi connectivity index (χ1v) is 7.49. The molecule has 1 saturated heterocycles. The molecule has 0 bridgehead atoms. The Morgan fingerprint density at radius 1 is 1.40 bits per heavy atom. The van der Waals surface area contributed by atoms with Crippen molar-refractivity contribution in [3.8, 4) is 5.69 Å². The van der Waals surface area contributed by atoms with Crippen molar-refractivity contribution in [2.24, 2.45) is 0 Å². The normalized spacial score (nSPS) is 22.0. The molecule has 1 aliphatic rings. The van der Waals surface area contributed by atoms with Gasteiger partial charge in [0.1, 0.15) is 11.4 Å². The molecule has 20 heavy (non-hydrogen) atoms. The molecule has 2 atom stereocenters. The average Bonchev–Trinajstić information content (AvgIpc) is 2.98. The Balaban J connectivity index is 1.88. The van der Waals surface area contributed by atoms with E-state index in [1.807, 2.05) is 29.8 Å². The number of benzene rings is 1. The fraction of sp³-hybridized carbons (Fsp3) is 0.333. The standard InChI is InChI=1S/C15H16N2O2S/c1-10-5-3-4-6-12(10)17-8-7-16-15(17)20-13-9-11(2)19-14(13)18/h3-8,11,13H,9H2,1-2H3/t11-,13+/m1/s1. The number of para-hydroxylation sites is 1. The molecule has 2 heterocycles. The molecule has 1 fully saturated rings. The Labute approximate surface area is 122 Å². The van der Waals surface area contributed by atoms with Gasteiger partial charge < -0.3 is 4.74 Å². The van der Waals surface area contributed by atoms with Crippen molar-refractivity contribution in [1.29, 1.82) is 0 Å². The lowest BCUT2D eigenvalue weighted by molar-refractivity contribution is -0.140. The van der Waals surface area contributed by atoms with Crippen molar-refractivity contribution in [3.05, 3.63) is 42.2 Å². The number of esters is 1. The molecule has 0 spiro atoms. The summed E-state index contributed by atoms with van der Waals surface area (Å²) in [4.78, 5) is 16.1. The number of ether oxygens (including phenoxy) is 1. The van der Waals surface area contributed by atoms with E-state index in [1.54, 1.807) is 6.20 Å². The summed E-state index contributed by atoms with van der Waals surface area (Å²) in [6.45, 7) is 3.99. The second kappa shape index (κ2) is 5.32. The predicted molar refractivity (Wildman–Crippen MR) is 78.1 cm³/mol. The number of carbonyl (C=O) groups is 1. The predicted octanol–water partition coefficient (Wildman–Crippen LogP) is 2.98. The Hall–Kier alpha value is -1.75. The molecule has 0 saturated carbocycles. The molecule has 0 N–H and O–H groups in total. The van der Waals surface area contributed by atoms with E-state index in [0.29, 0.717) is 0 Å². The van der Waals surface area contributed by atoms with Crippen LogP contribution in [0.5, 0.6) is 0 Å². The van der Waals surface area contributed by atoms with Crippen LogP contribution in [0, 0.1) is 6.92 Å². The highest BCUT2D eigenvalue weighted by Crippen LogP contribution is 2.32. The Bertz CT molecular complexity index is 638. The maximum absolute atomic E-state index is 11.7. The third-order valence-electron chi connectivity index (χ3n) is 3.36. The van der Waals surface area contributed by atoms with E-state index in [-0.39, 0.29) is 17.3 Å². The van der Waals surface area contributed by atoms with E-state index in [2.05, 4.69) is 24.0 Å². The molecule has 0 amide bonds. The van der Waals surface area contributed by atoms with Gasteiger partial charge in [0.15, 0.2) is 5.16 Å². The quantitative estimate of drug-likeness (QED) is 0.814. The summed E-state index contributed by atoms with van der Waals surface area (Å²) >= 11 is 1.48. The fourth-order valence-electron chi connectivity index (χ4n) is 2.34. The average molecular weight is 288 g/mol. The summed E-state index contributed by atoms with van der Waals surface area (Å²) in [5.41, 5.74) is 2.27. The van der Waals surface area contributed by atoms with Gasteiger partial charge in [-0.3, -0.25) is 9.36 Å². The highest BCUT2D eigenvalue weighted by molar-refractivity contribution is 8.00. The zero-order valence-corrected chi connectivity index (χ0v) is 12.3. The zero-order valence-electron chi connectivity index (χ0n) is 11.4. The van der Waals surface area contributed by atoms with E-state index in [4.69, 9.17) is 4.74 Å². The monoisotopic (exact) mass is 288 g/mol. The van der Waals surface area contributed by atoms with E-state index >= 15 is 0 Å². The van der Waals surface area contributed by atoms with Gasteiger partial charge in [0, 0.05) is 18.8 Å². The van der Waals surface area contributed by atoms with Gasteiger partial charge in [-0.2, -0.15) is 0 Å². The van der Waals surface area contributed by atoms with Crippen molar-refractivity contribution in [2.45, 2.75) is 36.8 Å². The van der Waals surface area contributed by atoms with Gasteiger partial charge in [0.25, 0.3) is 0 Å². The first-order valence-electron chi connectivity index (χ1n) is 6.61. The van der Waals surface area contributed by atoms with E-state index < -0.39 is 0 Å². The molecular weight excluding hydrogens is 272 g/mol. The summed E-state index contributed by atoms with van der Waals surface area (Å²) in [7, 11) is 0. The molecule has 2 aromatic rings. The maximum atomic E-state index is 11.7. The SMILES string of the molecule is Cc1ccccc1-n1ccnc1S[C@H]1C[C@@H](C)OC1=O. The Morgan fingerprint density at radius 3 is 2.90 bits per heavy atom. The number of carbonyl (C=O) groups excluding carboxylic acids is 1. The fourth-order valence-corrected chi connectivity index (χ4v) is 3.51. The topological polar surface area (TPSA) is 44.1 Å². The van der Waals surface area contributed by atoms with Gasteiger partial charge in [0.05, 0.1) is 5.69 Å². The number of nitrogens with zero attached hydrogens (tertiary/aromatic N) is 2. The number of hydrogen-bond acceptors (Lipinski definition) is 4. The highest BCUT2D eigenvalue weighted by atomic mass is 32.2. The third kappa shape index (κ3) is 2.45. The van der Waals surface area contributed by atoms with Crippen LogP contribution in [0.25, 0.3) is 5.69 Å². The van der Waals surface area contributed by atoms with Crippen LogP contribution in [0.4, 0.5) is 0 Å². The molecule has 0 radical (unpaired) electrons. The molecule has 1 aliphatic heterocycles. The van der Waals surface area contributed by atoms with Gasteiger partial charge >= 0.3 is 5.97 Å². The van der Waals surface area contributed by atoms with Gasteiger partial charge in [-0.05, 0) is 25.5 Å². The minimum Gasteiger partial charge on any atom is -0.462 e. The highest BCUT2D eigenvalue weighted by Gasteiger charge is 2.33. The molecule has 4 nitrogen and oxygen atoms in total. The van der Waals surface area contributed by atoms with Crippen molar-refractivity contribution < 1.29 is 9.53 Å². The van der Waals surface area contributed by atoms with Crippen molar-refractivity contribution in [3.63, 3.8) is 0 Å². The largest absolute Gasteiger partial charge is 0.462 e. The van der Waals surface area contributed by atoms with Crippen LogP contribution in [-0.2, 0) is 9.53 Å². The maximum Gasteiger partial charge on any atom is 0.319 e. The van der Waals surface area contributed by atoms with Gasteiger partial charge in [-0.15, -0.1) is 0 Å². The first kappa shape index (κ1) is 13.2. The molecule has 104 valence electrons. The van der Waals surface area contributed by atoms with Crippen molar-refractivity contribution in [2.75, 3.05) is 0 Å². The lowest BCUT2D eigenvalue weighted by Gasteiger charge is -2.11. The van der Waals surface area contributed by atoms with E-state index in [0.717, 1.165) is 17.3 Å². The van der Waals surface area contributed by atoms with Crippen LogP contribution in [0.1, 0.15) is 18.9 Å². The summed E-state index contributed by atoms with van der Waals surface area (Å²) in [5.74, 6) is -0.137. The molecular formula is C15H16N2O2S. The van der Waals surface area contributed by atoms with Crippen LogP contribution >= 0.6 is 11.8 Å². The van der Waals surface area contributed by atoms with E-state index in [9.17, 15) is 4.79 Å². The van der Waals surface area contributed by atoms with Crippen LogP contribution in [-0.4, -0.2) is 26.9 Å². The second-order valence-electron chi connectivity index (χ2n) is 4.96. The minimum absolute atomic E-state index is 0.00173. The third-order valence-corrected chi connectivity index (χ3v) is 4.54. The van der Waals surface area contributed by atoms with Crippen LogP contribution in [0.2, 0.25) is 0 Å². The Kier molecular flexibility index (Phi) is 3.53. The number of thioether (sulfide) groups is 1. The molecule has 0 aliphatic carbocycles.